The lowest BCUT2D eigenvalue weighted by atomic mass is 9.99. The van der Waals surface area contributed by atoms with Crippen molar-refractivity contribution >= 4 is 0 Å². The summed E-state index contributed by atoms with van der Waals surface area (Å²) in [6.07, 6.45) is -2.07. The van der Waals surface area contributed by atoms with Gasteiger partial charge in [0.1, 0.15) is 36.6 Å². The first-order valence-corrected chi connectivity index (χ1v) is 9.00. The van der Waals surface area contributed by atoms with Crippen LogP contribution in [-0.2, 0) is 9.47 Å². The summed E-state index contributed by atoms with van der Waals surface area (Å²) in [4.78, 5) is 0. The van der Waals surface area contributed by atoms with Crippen LogP contribution in [0, 0.1) is 23.7 Å². The maximum Gasteiger partial charge on any atom is 0.187 e. The van der Waals surface area contributed by atoms with Crippen LogP contribution < -0.4 is 0 Å². The van der Waals surface area contributed by atoms with Crippen LogP contribution >= 0.6 is 0 Å². The third-order valence-corrected chi connectivity index (χ3v) is 3.91. The highest BCUT2D eigenvalue weighted by Crippen LogP contribution is 2.23. The SMILES string of the molecule is C/C=C\C#CC#C[C@@H](O)[C@@H](/C=C/CCCO)O[C@@H]1O[C@H](CO)[C@@H](O)[C@H](O)[C@H]1O. The fraction of sp³-hybridized carbons (Fsp3) is 0.600. The summed E-state index contributed by atoms with van der Waals surface area (Å²) >= 11 is 0. The molecule has 1 saturated heterocycles. The first-order chi connectivity index (χ1) is 13.5. The van der Waals surface area contributed by atoms with Crippen molar-refractivity contribution in [3.63, 3.8) is 0 Å². The second-order valence-electron chi connectivity index (χ2n) is 6.08. The minimum absolute atomic E-state index is 0.00543. The number of rotatable bonds is 8. The van der Waals surface area contributed by atoms with Crippen molar-refractivity contribution in [3.8, 4) is 23.7 Å². The highest BCUT2D eigenvalue weighted by molar-refractivity contribution is 5.32. The van der Waals surface area contributed by atoms with Crippen LogP contribution in [0.1, 0.15) is 19.8 Å². The molecule has 8 heteroatoms. The molecule has 0 aromatic heterocycles. The minimum atomic E-state index is -1.60. The Balaban J connectivity index is 2.92. The van der Waals surface area contributed by atoms with Gasteiger partial charge in [0, 0.05) is 6.61 Å². The van der Waals surface area contributed by atoms with Gasteiger partial charge in [0.05, 0.1) is 6.61 Å². The number of aliphatic hydroxyl groups excluding tert-OH is 6. The van der Waals surface area contributed by atoms with E-state index in [4.69, 9.17) is 14.6 Å². The zero-order valence-electron chi connectivity index (χ0n) is 15.7. The number of hydrogen-bond acceptors (Lipinski definition) is 8. The molecule has 0 aliphatic carbocycles. The Kier molecular flexibility index (Phi) is 11.7. The van der Waals surface area contributed by atoms with Gasteiger partial charge in [-0.05, 0) is 37.7 Å². The molecule has 0 spiro atoms. The first-order valence-electron chi connectivity index (χ1n) is 9.00. The number of allylic oxidation sites excluding steroid dienone is 3. The minimum Gasteiger partial charge on any atom is -0.396 e. The maximum absolute atomic E-state index is 10.3. The van der Waals surface area contributed by atoms with Crippen LogP contribution in [0.4, 0.5) is 0 Å². The molecule has 0 bridgehead atoms. The van der Waals surface area contributed by atoms with Crippen molar-refractivity contribution in [3.05, 3.63) is 24.3 Å². The molecule has 0 aromatic rings. The second-order valence-corrected chi connectivity index (χ2v) is 6.08. The van der Waals surface area contributed by atoms with E-state index < -0.39 is 49.5 Å². The molecule has 1 fully saturated rings. The van der Waals surface area contributed by atoms with Crippen molar-refractivity contribution in [2.75, 3.05) is 13.2 Å². The molecule has 28 heavy (non-hydrogen) atoms. The van der Waals surface area contributed by atoms with Gasteiger partial charge in [-0.2, -0.15) is 0 Å². The van der Waals surface area contributed by atoms with Crippen LogP contribution in [0.3, 0.4) is 0 Å². The third kappa shape index (κ3) is 7.72. The molecule has 0 unspecified atom stereocenters. The zero-order chi connectivity index (χ0) is 20.9. The van der Waals surface area contributed by atoms with Crippen LogP contribution in [0.15, 0.2) is 24.3 Å². The average molecular weight is 396 g/mol. The van der Waals surface area contributed by atoms with Crippen LogP contribution in [0.5, 0.6) is 0 Å². The molecule has 0 aromatic carbocycles. The average Bonchev–Trinajstić information content (AvgIpc) is 2.69. The molecule has 1 aliphatic heterocycles. The molecular weight excluding hydrogens is 368 g/mol. The van der Waals surface area contributed by atoms with E-state index >= 15 is 0 Å². The summed E-state index contributed by atoms with van der Waals surface area (Å²) < 4.78 is 10.9. The molecule has 1 rings (SSSR count). The van der Waals surface area contributed by atoms with E-state index in [2.05, 4.69) is 23.7 Å². The predicted molar refractivity (Wildman–Crippen MR) is 100 cm³/mol. The summed E-state index contributed by atoms with van der Waals surface area (Å²) in [6, 6.07) is 0. The van der Waals surface area contributed by atoms with E-state index in [-0.39, 0.29) is 6.61 Å². The molecular formula is C20H28O8. The van der Waals surface area contributed by atoms with E-state index in [9.17, 15) is 25.5 Å². The molecule has 0 amide bonds. The Bertz CT molecular complexity index is 622. The van der Waals surface area contributed by atoms with Gasteiger partial charge in [-0.25, -0.2) is 0 Å². The Hall–Kier alpha value is -1.72. The number of ether oxygens (including phenoxy) is 2. The second kappa shape index (κ2) is 13.5. The fourth-order valence-corrected chi connectivity index (χ4v) is 2.35. The van der Waals surface area contributed by atoms with E-state index in [1.807, 2.05) is 0 Å². The Labute approximate surface area is 164 Å². The van der Waals surface area contributed by atoms with Gasteiger partial charge in [0.2, 0.25) is 0 Å². The topological polar surface area (TPSA) is 140 Å². The molecule has 8 nitrogen and oxygen atoms in total. The van der Waals surface area contributed by atoms with Gasteiger partial charge in [0.25, 0.3) is 0 Å². The number of hydrogen-bond donors (Lipinski definition) is 6. The normalized spacial score (nSPS) is 29.8. The molecule has 7 atom stereocenters. The predicted octanol–water partition coefficient (Wildman–Crippen LogP) is -1.56. The molecule has 1 heterocycles. The lowest BCUT2D eigenvalue weighted by molar-refractivity contribution is -0.311. The largest absolute Gasteiger partial charge is 0.396 e. The van der Waals surface area contributed by atoms with Crippen molar-refractivity contribution in [1.29, 1.82) is 0 Å². The van der Waals surface area contributed by atoms with Gasteiger partial charge in [-0.3, -0.25) is 0 Å². The Morgan fingerprint density at radius 1 is 1.11 bits per heavy atom. The first kappa shape index (κ1) is 24.3. The molecule has 156 valence electrons. The fourth-order valence-electron chi connectivity index (χ4n) is 2.35. The van der Waals surface area contributed by atoms with Crippen molar-refractivity contribution in [2.24, 2.45) is 0 Å². The van der Waals surface area contributed by atoms with Gasteiger partial charge in [-0.15, -0.1) is 0 Å². The van der Waals surface area contributed by atoms with E-state index in [0.29, 0.717) is 12.8 Å². The number of aliphatic hydroxyl groups is 6. The smallest absolute Gasteiger partial charge is 0.187 e. The van der Waals surface area contributed by atoms with Gasteiger partial charge in [-0.1, -0.05) is 30.1 Å². The third-order valence-electron chi connectivity index (χ3n) is 3.91. The summed E-state index contributed by atoms with van der Waals surface area (Å²) in [5, 5.41) is 58.2. The van der Waals surface area contributed by atoms with Crippen molar-refractivity contribution < 1.29 is 40.1 Å². The molecule has 0 saturated carbocycles. The van der Waals surface area contributed by atoms with E-state index in [1.54, 1.807) is 25.2 Å². The summed E-state index contributed by atoms with van der Waals surface area (Å²) in [5.74, 6) is 10.2. The summed E-state index contributed by atoms with van der Waals surface area (Å²) in [5.41, 5.74) is 0. The number of unbranched alkanes of at least 4 members (excludes halogenated alkanes) is 1. The van der Waals surface area contributed by atoms with E-state index in [1.165, 1.54) is 6.08 Å². The van der Waals surface area contributed by atoms with Gasteiger partial charge < -0.3 is 40.1 Å². The van der Waals surface area contributed by atoms with E-state index in [0.717, 1.165) is 0 Å². The lowest BCUT2D eigenvalue weighted by Gasteiger charge is -2.40. The summed E-state index contributed by atoms with van der Waals surface area (Å²) in [6.45, 7) is 1.22. The Morgan fingerprint density at radius 3 is 2.50 bits per heavy atom. The molecule has 0 radical (unpaired) electrons. The van der Waals surface area contributed by atoms with Gasteiger partial charge >= 0.3 is 0 Å². The van der Waals surface area contributed by atoms with Crippen LogP contribution in [0.2, 0.25) is 0 Å². The maximum atomic E-state index is 10.3. The quantitative estimate of drug-likeness (QED) is 0.165. The zero-order valence-corrected chi connectivity index (χ0v) is 15.7. The van der Waals surface area contributed by atoms with Crippen LogP contribution in [-0.4, -0.2) is 86.8 Å². The van der Waals surface area contributed by atoms with Crippen molar-refractivity contribution in [2.45, 2.75) is 62.7 Å². The highest BCUT2D eigenvalue weighted by atomic mass is 16.7. The molecule has 6 N–H and O–H groups in total. The lowest BCUT2D eigenvalue weighted by Crippen LogP contribution is -2.60. The van der Waals surface area contributed by atoms with Gasteiger partial charge in [0.15, 0.2) is 6.29 Å². The molecule has 1 aliphatic rings. The van der Waals surface area contributed by atoms with Crippen LogP contribution in [0.25, 0.3) is 0 Å². The Morgan fingerprint density at radius 2 is 1.86 bits per heavy atom. The monoisotopic (exact) mass is 396 g/mol. The standard InChI is InChI=1S/C20H28O8/c1-2-3-4-5-7-10-14(23)15(11-8-6-9-12-21)27-20-19(26)18(25)17(24)16(13-22)28-20/h2-3,8,11,14-26H,6,9,12-13H2,1H3/b3-2-,11-8+/t14-,15-,16-,17-,18+,19-,20-/m1/s1. The highest BCUT2D eigenvalue weighted by Gasteiger charge is 2.45. The summed E-state index contributed by atoms with van der Waals surface area (Å²) in [7, 11) is 0. The van der Waals surface area contributed by atoms with Crippen molar-refractivity contribution in [1.82, 2.24) is 0 Å².